The number of phenols is 1. The minimum absolute atomic E-state index is 0.185. The summed E-state index contributed by atoms with van der Waals surface area (Å²) < 4.78 is 11.9. The second-order valence-electron chi connectivity index (χ2n) is 5.64. The van der Waals surface area contributed by atoms with E-state index in [0.29, 0.717) is 5.56 Å². The maximum Gasteiger partial charge on any atom is 0.495 e. The Kier molecular flexibility index (Phi) is 3.17. The van der Waals surface area contributed by atoms with Crippen molar-refractivity contribution in [2.75, 3.05) is 0 Å². The van der Waals surface area contributed by atoms with Crippen molar-refractivity contribution in [1.82, 2.24) is 0 Å². The van der Waals surface area contributed by atoms with E-state index in [1.807, 2.05) is 33.8 Å². The van der Waals surface area contributed by atoms with E-state index in [4.69, 9.17) is 15.0 Å². The van der Waals surface area contributed by atoms with Crippen molar-refractivity contribution in [3.8, 4) is 5.75 Å². The van der Waals surface area contributed by atoms with Crippen LogP contribution in [0.15, 0.2) is 18.2 Å². The summed E-state index contributed by atoms with van der Waals surface area (Å²) in [6.45, 7) is 8.25. The van der Waals surface area contributed by atoms with Crippen LogP contribution >= 0.6 is 0 Å². The molecule has 1 aromatic carbocycles. The summed E-state index contributed by atoms with van der Waals surface area (Å²) >= 11 is 0. The third kappa shape index (κ3) is 2.02. The summed E-state index contributed by atoms with van der Waals surface area (Å²) in [5, 5.41) is 9.82. The van der Waals surface area contributed by atoms with Gasteiger partial charge in [0, 0.05) is 12.1 Å². The first-order valence-corrected chi connectivity index (χ1v) is 6.15. The number of hydrogen-bond acceptors (Lipinski definition) is 4. The van der Waals surface area contributed by atoms with Crippen molar-refractivity contribution in [3.63, 3.8) is 0 Å². The first-order valence-electron chi connectivity index (χ1n) is 6.15. The Balaban J connectivity index is 2.38. The maximum absolute atomic E-state index is 9.82. The Morgan fingerprint density at radius 2 is 1.72 bits per heavy atom. The van der Waals surface area contributed by atoms with Crippen molar-refractivity contribution in [2.45, 2.75) is 45.4 Å². The zero-order valence-electron chi connectivity index (χ0n) is 11.4. The lowest BCUT2D eigenvalue weighted by atomic mass is 9.75. The monoisotopic (exact) mass is 249 g/mol. The van der Waals surface area contributed by atoms with Gasteiger partial charge >= 0.3 is 7.12 Å². The molecule has 0 radical (unpaired) electrons. The highest BCUT2D eigenvalue weighted by molar-refractivity contribution is 6.62. The molecule has 0 aliphatic carbocycles. The molecule has 0 atom stereocenters. The van der Waals surface area contributed by atoms with Crippen LogP contribution in [0.4, 0.5) is 0 Å². The van der Waals surface area contributed by atoms with Crippen molar-refractivity contribution in [2.24, 2.45) is 5.73 Å². The Hall–Kier alpha value is -1.04. The quantitative estimate of drug-likeness (QED) is 0.771. The SMILES string of the molecule is CC1(C)OB(c2cccc(O)c2CN)OC1(C)C. The zero-order valence-corrected chi connectivity index (χ0v) is 11.4. The van der Waals surface area contributed by atoms with Gasteiger partial charge in [0.05, 0.1) is 11.2 Å². The molecule has 0 spiro atoms. The van der Waals surface area contributed by atoms with Crippen LogP contribution in [-0.4, -0.2) is 23.4 Å². The van der Waals surface area contributed by atoms with Crippen LogP contribution in [0.3, 0.4) is 0 Å². The minimum atomic E-state index is -0.486. The fraction of sp³-hybridized carbons (Fsp3) is 0.538. The summed E-state index contributed by atoms with van der Waals surface area (Å²) in [6, 6.07) is 5.27. The Bertz CT molecular complexity index is 444. The summed E-state index contributed by atoms with van der Waals surface area (Å²) in [4.78, 5) is 0. The fourth-order valence-electron chi connectivity index (χ4n) is 2.01. The highest BCUT2D eigenvalue weighted by atomic mass is 16.7. The predicted octanol–water partition coefficient (Wildman–Crippen LogP) is 1.15. The van der Waals surface area contributed by atoms with Gasteiger partial charge in [-0.05, 0) is 39.2 Å². The van der Waals surface area contributed by atoms with Crippen molar-refractivity contribution in [1.29, 1.82) is 0 Å². The van der Waals surface area contributed by atoms with E-state index in [1.54, 1.807) is 12.1 Å². The lowest BCUT2D eigenvalue weighted by Gasteiger charge is -2.32. The second kappa shape index (κ2) is 4.26. The highest BCUT2D eigenvalue weighted by Gasteiger charge is 2.52. The lowest BCUT2D eigenvalue weighted by Crippen LogP contribution is -2.41. The lowest BCUT2D eigenvalue weighted by molar-refractivity contribution is 0.00578. The van der Waals surface area contributed by atoms with E-state index in [2.05, 4.69) is 0 Å². The third-order valence-corrected chi connectivity index (χ3v) is 3.90. The van der Waals surface area contributed by atoms with Crippen molar-refractivity contribution in [3.05, 3.63) is 23.8 Å². The van der Waals surface area contributed by atoms with Gasteiger partial charge in [0.15, 0.2) is 0 Å². The van der Waals surface area contributed by atoms with Gasteiger partial charge in [0.1, 0.15) is 5.75 Å². The van der Waals surface area contributed by atoms with Crippen LogP contribution < -0.4 is 11.2 Å². The van der Waals surface area contributed by atoms with E-state index < -0.39 is 18.3 Å². The van der Waals surface area contributed by atoms with Gasteiger partial charge in [-0.2, -0.15) is 0 Å². The summed E-state index contributed by atoms with van der Waals surface area (Å²) in [6.07, 6.45) is 0. The fourth-order valence-corrected chi connectivity index (χ4v) is 2.01. The van der Waals surface area contributed by atoms with Crippen LogP contribution in [0.5, 0.6) is 5.75 Å². The summed E-state index contributed by atoms with van der Waals surface area (Å²) in [7, 11) is -0.486. The molecular formula is C13H20BNO3. The zero-order chi connectivity index (χ0) is 13.6. The molecule has 5 heteroatoms. The van der Waals surface area contributed by atoms with Crippen LogP contribution in [0.25, 0.3) is 0 Å². The number of phenolic OH excluding ortho intramolecular Hbond substituents is 1. The van der Waals surface area contributed by atoms with E-state index >= 15 is 0 Å². The number of hydrogen-bond donors (Lipinski definition) is 2. The molecule has 1 saturated heterocycles. The molecule has 1 aromatic rings. The topological polar surface area (TPSA) is 64.7 Å². The van der Waals surface area contributed by atoms with Gasteiger partial charge in [0.25, 0.3) is 0 Å². The summed E-state index contributed by atoms with van der Waals surface area (Å²) in [5.41, 5.74) is 6.37. The third-order valence-electron chi connectivity index (χ3n) is 3.90. The largest absolute Gasteiger partial charge is 0.508 e. The molecule has 0 aromatic heterocycles. The number of rotatable bonds is 2. The number of aromatic hydroxyl groups is 1. The minimum Gasteiger partial charge on any atom is -0.508 e. The van der Waals surface area contributed by atoms with Crippen molar-refractivity contribution >= 4 is 12.6 Å². The second-order valence-corrected chi connectivity index (χ2v) is 5.64. The molecule has 0 amide bonds. The van der Waals surface area contributed by atoms with Crippen molar-refractivity contribution < 1.29 is 14.4 Å². The molecule has 1 aliphatic rings. The number of benzene rings is 1. The molecule has 0 unspecified atom stereocenters. The average molecular weight is 249 g/mol. The summed E-state index contributed by atoms with van der Waals surface area (Å²) in [5.74, 6) is 0.185. The van der Waals surface area contributed by atoms with Gasteiger partial charge in [-0.3, -0.25) is 0 Å². The molecule has 2 rings (SSSR count). The van der Waals surface area contributed by atoms with Gasteiger partial charge in [-0.15, -0.1) is 0 Å². The molecule has 1 heterocycles. The molecule has 4 nitrogen and oxygen atoms in total. The van der Waals surface area contributed by atoms with Crippen LogP contribution in [-0.2, 0) is 15.9 Å². The van der Waals surface area contributed by atoms with Gasteiger partial charge in [0.2, 0.25) is 0 Å². The van der Waals surface area contributed by atoms with Crippen LogP contribution in [0, 0.1) is 0 Å². The Morgan fingerprint density at radius 1 is 1.17 bits per heavy atom. The normalized spacial score (nSPS) is 21.3. The van der Waals surface area contributed by atoms with E-state index in [-0.39, 0.29) is 12.3 Å². The molecule has 1 aliphatic heterocycles. The molecule has 3 N–H and O–H groups in total. The maximum atomic E-state index is 9.82. The smallest absolute Gasteiger partial charge is 0.495 e. The molecule has 0 bridgehead atoms. The first kappa shape index (κ1) is 13.4. The predicted molar refractivity (Wildman–Crippen MR) is 71.7 cm³/mol. The molecule has 18 heavy (non-hydrogen) atoms. The van der Waals surface area contributed by atoms with E-state index in [1.165, 1.54) is 0 Å². The van der Waals surface area contributed by atoms with Gasteiger partial charge < -0.3 is 20.1 Å². The van der Waals surface area contributed by atoms with Gasteiger partial charge in [-0.1, -0.05) is 12.1 Å². The highest BCUT2D eigenvalue weighted by Crippen LogP contribution is 2.37. The molecule has 98 valence electrons. The average Bonchev–Trinajstić information content (AvgIpc) is 2.47. The molecule has 1 fully saturated rings. The molecule has 0 saturated carbocycles. The number of nitrogens with two attached hydrogens (primary N) is 1. The van der Waals surface area contributed by atoms with E-state index in [9.17, 15) is 5.11 Å². The van der Waals surface area contributed by atoms with Gasteiger partial charge in [-0.25, -0.2) is 0 Å². The Morgan fingerprint density at radius 3 is 2.22 bits per heavy atom. The first-order chi connectivity index (χ1) is 8.28. The molecular weight excluding hydrogens is 229 g/mol. The Labute approximate surface area is 108 Å². The van der Waals surface area contributed by atoms with Crippen LogP contribution in [0.1, 0.15) is 33.3 Å². The standard InChI is InChI=1S/C13H20BNO3/c1-12(2)13(3,4)18-14(17-12)10-6-5-7-11(16)9(10)8-15/h5-7,16H,8,15H2,1-4H3. The van der Waals surface area contributed by atoms with Crippen LogP contribution in [0.2, 0.25) is 0 Å². The van der Waals surface area contributed by atoms with E-state index in [0.717, 1.165) is 5.46 Å².